The molecule has 6 heterocycles. The fourth-order valence-corrected chi connectivity index (χ4v) is 7.48. The number of nitrogens with zero attached hydrogens (tertiary/aromatic N) is 8. The lowest BCUT2D eigenvalue weighted by molar-refractivity contribution is -0.0977. The minimum Gasteiger partial charge on any atom is -0.352 e. The van der Waals surface area contributed by atoms with Crippen molar-refractivity contribution >= 4 is 12.4 Å². The molecule has 7 rings (SSSR count). The highest BCUT2D eigenvalue weighted by Gasteiger charge is 2.38. The number of allylic oxidation sites excluding steroid dienone is 4. The van der Waals surface area contributed by atoms with E-state index in [0.717, 1.165) is 55.8 Å². The predicted octanol–water partition coefficient (Wildman–Crippen LogP) is 6.65. The fraction of sp³-hybridized carbons (Fsp3) is 0.611. The third kappa shape index (κ3) is 6.26. The minimum absolute atomic E-state index is 0.642. The molecule has 0 unspecified atom stereocenters. The van der Waals surface area contributed by atoms with Crippen LogP contribution >= 0.6 is 0 Å². The Hall–Kier alpha value is -3.50. The van der Waals surface area contributed by atoms with Gasteiger partial charge in [-0.25, -0.2) is 10.1 Å². The Labute approximate surface area is 276 Å². The van der Waals surface area contributed by atoms with Gasteiger partial charge in [-0.15, -0.1) is 0 Å². The SMILES string of the molecule is CCCCCCN1CC(C)=C(C)C2=C1N1CN(OC)C=C1C=N2.CON1C=C2C=NC3=C(N2C1)N(C1CCCCC1)CC(C)=C3C. The average molecular weight is 631 g/mol. The van der Waals surface area contributed by atoms with Crippen LogP contribution in [0.2, 0.25) is 0 Å². The highest BCUT2D eigenvalue weighted by atomic mass is 16.7. The van der Waals surface area contributed by atoms with E-state index in [0.29, 0.717) is 6.04 Å². The Morgan fingerprint density at radius 3 is 1.87 bits per heavy atom. The first kappa shape index (κ1) is 32.4. The molecule has 1 saturated carbocycles. The van der Waals surface area contributed by atoms with Crippen LogP contribution in [0.3, 0.4) is 0 Å². The van der Waals surface area contributed by atoms with Crippen LogP contribution in [0.5, 0.6) is 0 Å². The first-order valence-electron chi connectivity index (χ1n) is 17.4. The van der Waals surface area contributed by atoms with Crippen molar-refractivity contribution in [1.82, 2.24) is 29.7 Å². The number of hydroxylamine groups is 4. The summed E-state index contributed by atoms with van der Waals surface area (Å²) >= 11 is 0. The summed E-state index contributed by atoms with van der Waals surface area (Å²) in [6, 6.07) is 0.642. The number of aliphatic imine (C=N–C) groups is 2. The molecule has 7 aliphatic rings. The second kappa shape index (κ2) is 14.1. The van der Waals surface area contributed by atoms with Crippen molar-refractivity contribution in [2.75, 3.05) is 47.2 Å². The molecule has 46 heavy (non-hydrogen) atoms. The molecule has 0 saturated heterocycles. The van der Waals surface area contributed by atoms with Gasteiger partial charge in [-0.2, -0.15) is 0 Å². The van der Waals surface area contributed by atoms with E-state index in [-0.39, 0.29) is 0 Å². The summed E-state index contributed by atoms with van der Waals surface area (Å²) in [5.41, 5.74) is 10.0. The summed E-state index contributed by atoms with van der Waals surface area (Å²) in [5, 5.41) is 3.73. The van der Waals surface area contributed by atoms with Gasteiger partial charge in [0.25, 0.3) is 0 Å². The molecule has 0 bridgehead atoms. The molecule has 0 aromatic heterocycles. The van der Waals surface area contributed by atoms with Gasteiger partial charge >= 0.3 is 0 Å². The third-order valence-electron chi connectivity index (χ3n) is 10.5. The van der Waals surface area contributed by atoms with Crippen LogP contribution in [-0.2, 0) is 9.68 Å². The van der Waals surface area contributed by atoms with E-state index in [4.69, 9.17) is 19.7 Å². The monoisotopic (exact) mass is 630 g/mol. The number of rotatable bonds is 8. The highest BCUT2D eigenvalue weighted by molar-refractivity contribution is 5.82. The summed E-state index contributed by atoms with van der Waals surface area (Å²) in [7, 11) is 3.43. The highest BCUT2D eigenvalue weighted by Crippen LogP contribution is 2.40. The van der Waals surface area contributed by atoms with Gasteiger partial charge in [-0.05, 0) is 69.2 Å². The molecule has 1 fully saturated rings. The van der Waals surface area contributed by atoms with E-state index in [1.54, 1.807) is 14.2 Å². The molecule has 6 aliphatic heterocycles. The fourth-order valence-electron chi connectivity index (χ4n) is 7.48. The maximum absolute atomic E-state index is 5.41. The molecule has 250 valence electrons. The van der Waals surface area contributed by atoms with Crippen molar-refractivity contribution in [3.05, 3.63) is 69.1 Å². The van der Waals surface area contributed by atoms with E-state index in [1.165, 1.54) is 91.7 Å². The molecule has 10 heteroatoms. The van der Waals surface area contributed by atoms with Crippen LogP contribution in [0.25, 0.3) is 0 Å². The van der Waals surface area contributed by atoms with Crippen LogP contribution in [0, 0.1) is 0 Å². The molecular weight excluding hydrogens is 576 g/mol. The lowest BCUT2D eigenvalue weighted by atomic mass is 9.91. The summed E-state index contributed by atoms with van der Waals surface area (Å²) in [5.74, 6) is 2.53. The number of hydrogen-bond acceptors (Lipinski definition) is 10. The smallest absolute Gasteiger partial charge is 0.137 e. The Morgan fingerprint density at radius 2 is 1.28 bits per heavy atom. The Morgan fingerprint density at radius 1 is 0.717 bits per heavy atom. The quantitative estimate of drug-likeness (QED) is 0.276. The van der Waals surface area contributed by atoms with Crippen molar-refractivity contribution in [2.24, 2.45) is 9.98 Å². The molecular formula is C36H54N8O2. The van der Waals surface area contributed by atoms with Gasteiger partial charge in [-0.1, -0.05) is 45.4 Å². The van der Waals surface area contributed by atoms with Crippen LogP contribution in [0.1, 0.15) is 92.4 Å². The van der Waals surface area contributed by atoms with Crippen molar-refractivity contribution in [3.8, 4) is 0 Å². The standard InChI is InChI=1S/C18H26N4O.C18H28N4O/c1-13-10-21(15-7-5-4-6-8-15)18-17(14(13)2)19-9-16-11-20(23-3)12-22(16)18;1-5-6-7-8-9-20-11-14(2)15(3)17-18(20)22-13-21(23-4)12-16(22)10-19-17/h9,11,15H,4-8,10,12H2,1-3H3;10,12H,5-9,11,13H2,1-4H3. The number of unbranched alkanes of at least 4 members (excludes halogenated alkanes) is 3. The molecule has 0 aromatic rings. The summed E-state index contributed by atoms with van der Waals surface area (Å²) in [6.07, 6.45) is 19.8. The van der Waals surface area contributed by atoms with Gasteiger partial charge in [-0.3, -0.25) is 19.7 Å². The van der Waals surface area contributed by atoms with Crippen LogP contribution in [0.4, 0.5) is 0 Å². The molecule has 0 spiro atoms. The van der Waals surface area contributed by atoms with E-state index in [2.05, 4.69) is 54.2 Å². The van der Waals surface area contributed by atoms with Crippen LogP contribution in [-0.4, -0.2) is 95.4 Å². The van der Waals surface area contributed by atoms with E-state index in [9.17, 15) is 0 Å². The topological polar surface area (TPSA) is 62.6 Å². The van der Waals surface area contributed by atoms with Gasteiger partial charge in [0, 0.05) is 25.7 Å². The first-order valence-corrected chi connectivity index (χ1v) is 17.4. The van der Waals surface area contributed by atoms with E-state index in [1.807, 2.05) is 35.0 Å². The van der Waals surface area contributed by atoms with Gasteiger partial charge in [0.1, 0.15) is 36.4 Å². The normalized spacial score (nSPS) is 22.8. The second-order valence-electron chi connectivity index (χ2n) is 13.5. The Bertz CT molecular complexity index is 1430. The van der Waals surface area contributed by atoms with Crippen LogP contribution < -0.4 is 0 Å². The molecule has 0 atom stereocenters. The van der Waals surface area contributed by atoms with E-state index >= 15 is 0 Å². The third-order valence-corrected chi connectivity index (χ3v) is 10.5. The lowest BCUT2D eigenvalue weighted by Crippen LogP contribution is -2.47. The number of fused-ring (bicyclic) bond motifs is 4. The van der Waals surface area contributed by atoms with Crippen LogP contribution in [0.15, 0.2) is 79.1 Å². The molecule has 1 aliphatic carbocycles. The van der Waals surface area contributed by atoms with Gasteiger partial charge < -0.3 is 19.6 Å². The Kier molecular flexibility index (Phi) is 9.94. The van der Waals surface area contributed by atoms with Crippen molar-refractivity contribution in [1.29, 1.82) is 0 Å². The van der Waals surface area contributed by atoms with E-state index < -0.39 is 0 Å². The van der Waals surface area contributed by atoms with Crippen molar-refractivity contribution in [3.63, 3.8) is 0 Å². The van der Waals surface area contributed by atoms with Crippen molar-refractivity contribution in [2.45, 2.75) is 98.4 Å². The zero-order valence-electron chi connectivity index (χ0n) is 29.2. The van der Waals surface area contributed by atoms with Gasteiger partial charge in [0.15, 0.2) is 0 Å². The summed E-state index contributed by atoms with van der Waals surface area (Å²) < 4.78 is 0. The molecule has 0 aromatic carbocycles. The average Bonchev–Trinajstić information content (AvgIpc) is 3.71. The largest absolute Gasteiger partial charge is 0.352 e. The molecule has 0 radical (unpaired) electrons. The molecule has 10 nitrogen and oxygen atoms in total. The zero-order chi connectivity index (χ0) is 32.4. The maximum Gasteiger partial charge on any atom is 0.137 e. The molecule has 0 N–H and O–H groups in total. The second-order valence-corrected chi connectivity index (χ2v) is 13.5. The maximum atomic E-state index is 5.41. The molecule has 0 amide bonds. The zero-order valence-corrected chi connectivity index (χ0v) is 29.2. The van der Waals surface area contributed by atoms with Gasteiger partial charge in [0.2, 0.25) is 0 Å². The van der Waals surface area contributed by atoms with Gasteiger partial charge in [0.05, 0.1) is 50.4 Å². The number of hydrogen-bond donors (Lipinski definition) is 0. The predicted molar refractivity (Wildman–Crippen MR) is 184 cm³/mol. The van der Waals surface area contributed by atoms with Crippen molar-refractivity contribution < 1.29 is 9.68 Å². The summed E-state index contributed by atoms with van der Waals surface area (Å²) in [4.78, 5) is 30.1. The summed E-state index contributed by atoms with van der Waals surface area (Å²) in [6.45, 7) is 15.7. The lowest BCUT2D eigenvalue weighted by Gasteiger charge is -2.45. The first-order chi connectivity index (χ1) is 22.3. The Balaban J connectivity index is 0.000000162. The minimum atomic E-state index is 0.642.